The highest BCUT2D eigenvalue weighted by Gasteiger charge is 2.04. The molecule has 3 N–H and O–H groups in total. The Morgan fingerprint density at radius 3 is 2.78 bits per heavy atom. The summed E-state index contributed by atoms with van der Waals surface area (Å²) in [5, 5.41) is 15.9. The minimum atomic E-state index is 0.125. The Balaban J connectivity index is 2.25. The van der Waals surface area contributed by atoms with Crippen LogP contribution in [0.4, 0.5) is 0 Å². The Labute approximate surface area is 106 Å². The molecule has 2 rings (SSSR count). The molecule has 0 saturated carbocycles. The van der Waals surface area contributed by atoms with Gasteiger partial charge in [0.15, 0.2) is 5.84 Å². The lowest BCUT2D eigenvalue weighted by Crippen LogP contribution is -2.13. The summed E-state index contributed by atoms with van der Waals surface area (Å²) < 4.78 is 1.89. The predicted molar refractivity (Wildman–Crippen MR) is 69.8 cm³/mol. The molecule has 1 aromatic heterocycles. The van der Waals surface area contributed by atoms with Gasteiger partial charge in [0.1, 0.15) is 0 Å². The third-order valence-corrected chi connectivity index (χ3v) is 2.84. The standard InChI is InChI=1S/C13H16N4O/c1-9-6-15-17(7-9)8-12-4-3-11(5-10(12)2)13(14)16-18/h3-7,18H,8H2,1-2H3,(H2,14,16). The molecule has 18 heavy (non-hydrogen) atoms. The van der Waals surface area contributed by atoms with Crippen molar-refractivity contribution in [1.29, 1.82) is 0 Å². The van der Waals surface area contributed by atoms with Crippen LogP contribution < -0.4 is 5.73 Å². The number of amidine groups is 1. The molecular weight excluding hydrogens is 228 g/mol. The van der Waals surface area contributed by atoms with Crippen LogP contribution in [0.3, 0.4) is 0 Å². The smallest absolute Gasteiger partial charge is 0.170 e. The van der Waals surface area contributed by atoms with Crippen LogP contribution in [0.5, 0.6) is 0 Å². The number of nitrogens with two attached hydrogens (primary N) is 1. The molecule has 0 saturated heterocycles. The van der Waals surface area contributed by atoms with Crippen LogP contribution in [-0.2, 0) is 6.54 Å². The van der Waals surface area contributed by atoms with Crippen molar-refractivity contribution in [3.8, 4) is 0 Å². The van der Waals surface area contributed by atoms with Crippen molar-refractivity contribution in [3.63, 3.8) is 0 Å². The normalized spacial score (nSPS) is 11.8. The van der Waals surface area contributed by atoms with E-state index in [1.54, 1.807) is 0 Å². The van der Waals surface area contributed by atoms with E-state index in [0.717, 1.165) is 28.8 Å². The lowest BCUT2D eigenvalue weighted by atomic mass is 10.0. The van der Waals surface area contributed by atoms with E-state index in [0.29, 0.717) is 0 Å². The monoisotopic (exact) mass is 244 g/mol. The van der Waals surface area contributed by atoms with Crippen LogP contribution in [0.15, 0.2) is 35.7 Å². The molecule has 0 fully saturated rings. The van der Waals surface area contributed by atoms with E-state index in [9.17, 15) is 0 Å². The van der Waals surface area contributed by atoms with Gasteiger partial charge in [-0.05, 0) is 36.6 Å². The second kappa shape index (κ2) is 4.91. The summed E-state index contributed by atoms with van der Waals surface area (Å²) in [6.07, 6.45) is 3.83. The molecule has 0 radical (unpaired) electrons. The van der Waals surface area contributed by atoms with Gasteiger partial charge < -0.3 is 10.9 Å². The Bertz CT molecular complexity index is 586. The largest absolute Gasteiger partial charge is 0.409 e. The maximum atomic E-state index is 8.64. The van der Waals surface area contributed by atoms with Crippen molar-refractivity contribution in [2.75, 3.05) is 0 Å². The third-order valence-electron chi connectivity index (χ3n) is 2.84. The number of benzene rings is 1. The summed E-state index contributed by atoms with van der Waals surface area (Å²) in [4.78, 5) is 0. The van der Waals surface area contributed by atoms with Crippen molar-refractivity contribution in [2.24, 2.45) is 10.9 Å². The molecule has 0 atom stereocenters. The molecule has 0 aliphatic rings. The van der Waals surface area contributed by atoms with E-state index in [1.165, 1.54) is 0 Å². The topological polar surface area (TPSA) is 76.4 Å². The minimum Gasteiger partial charge on any atom is -0.409 e. The molecule has 0 aliphatic carbocycles. The van der Waals surface area contributed by atoms with Crippen molar-refractivity contribution < 1.29 is 5.21 Å². The van der Waals surface area contributed by atoms with E-state index in [2.05, 4.69) is 10.3 Å². The number of oxime groups is 1. The lowest BCUT2D eigenvalue weighted by molar-refractivity contribution is 0.318. The number of aryl methyl sites for hydroxylation is 2. The molecule has 1 heterocycles. The van der Waals surface area contributed by atoms with Gasteiger partial charge in [0.25, 0.3) is 0 Å². The minimum absolute atomic E-state index is 0.125. The summed E-state index contributed by atoms with van der Waals surface area (Å²) >= 11 is 0. The first-order chi connectivity index (χ1) is 8.60. The van der Waals surface area contributed by atoms with Gasteiger partial charge in [-0.25, -0.2) is 0 Å². The Morgan fingerprint density at radius 1 is 1.44 bits per heavy atom. The van der Waals surface area contributed by atoms with Crippen LogP contribution in [0.2, 0.25) is 0 Å². The third kappa shape index (κ3) is 2.51. The zero-order valence-electron chi connectivity index (χ0n) is 10.5. The number of nitrogens with zero attached hydrogens (tertiary/aromatic N) is 3. The van der Waals surface area contributed by atoms with Gasteiger partial charge in [0.2, 0.25) is 0 Å². The quantitative estimate of drug-likeness (QED) is 0.373. The molecule has 0 amide bonds. The highest BCUT2D eigenvalue weighted by molar-refractivity contribution is 5.97. The molecular formula is C13H16N4O. The van der Waals surface area contributed by atoms with E-state index in [-0.39, 0.29) is 5.84 Å². The van der Waals surface area contributed by atoms with Gasteiger partial charge in [-0.3, -0.25) is 4.68 Å². The SMILES string of the molecule is Cc1cnn(Cc2ccc(/C(N)=N/O)cc2C)c1. The summed E-state index contributed by atoms with van der Waals surface area (Å²) in [6.45, 7) is 4.73. The van der Waals surface area contributed by atoms with Gasteiger partial charge in [-0.2, -0.15) is 5.10 Å². The zero-order chi connectivity index (χ0) is 13.1. The van der Waals surface area contributed by atoms with Crippen molar-refractivity contribution in [2.45, 2.75) is 20.4 Å². The fourth-order valence-electron chi connectivity index (χ4n) is 1.82. The number of hydrogen-bond donors (Lipinski definition) is 2. The number of aromatic nitrogens is 2. The first-order valence-electron chi connectivity index (χ1n) is 5.66. The maximum absolute atomic E-state index is 8.64. The maximum Gasteiger partial charge on any atom is 0.170 e. The van der Waals surface area contributed by atoms with Crippen LogP contribution in [-0.4, -0.2) is 20.8 Å². The van der Waals surface area contributed by atoms with Crippen LogP contribution in [0, 0.1) is 13.8 Å². The summed E-state index contributed by atoms with van der Waals surface area (Å²) in [5.74, 6) is 0.125. The zero-order valence-corrected chi connectivity index (χ0v) is 10.5. The van der Waals surface area contributed by atoms with Gasteiger partial charge in [-0.15, -0.1) is 0 Å². The number of hydrogen-bond acceptors (Lipinski definition) is 3. The predicted octanol–water partition coefficient (Wildman–Crippen LogP) is 1.64. The molecule has 5 heteroatoms. The molecule has 0 unspecified atom stereocenters. The fraction of sp³-hybridized carbons (Fsp3) is 0.231. The van der Waals surface area contributed by atoms with Crippen molar-refractivity contribution in [3.05, 3.63) is 52.8 Å². The average Bonchev–Trinajstić information content (AvgIpc) is 2.76. The van der Waals surface area contributed by atoms with E-state index >= 15 is 0 Å². The molecule has 0 spiro atoms. The molecule has 0 bridgehead atoms. The summed E-state index contributed by atoms with van der Waals surface area (Å²) in [6, 6.07) is 5.72. The van der Waals surface area contributed by atoms with Crippen molar-refractivity contribution >= 4 is 5.84 Å². The Hall–Kier alpha value is -2.30. The Kier molecular flexibility index (Phi) is 3.32. The van der Waals surface area contributed by atoms with Gasteiger partial charge in [0.05, 0.1) is 12.7 Å². The van der Waals surface area contributed by atoms with E-state index in [1.807, 2.05) is 49.1 Å². The van der Waals surface area contributed by atoms with Gasteiger partial charge >= 0.3 is 0 Å². The first-order valence-corrected chi connectivity index (χ1v) is 5.66. The lowest BCUT2D eigenvalue weighted by Gasteiger charge is -2.08. The summed E-state index contributed by atoms with van der Waals surface area (Å²) in [5.41, 5.74) is 9.66. The van der Waals surface area contributed by atoms with Crippen LogP contribution in [0.1, 0.15) is 22.3 Å². The average molecular weight is 244 g/mol. The highest BCUT2D eigenvalue weighted by atomic mass is 16.4. The first kappa shape index (κ1) is 12.2. The summed E-state index contributed by atoms with van der Waals surface area (Å²) in [7, 11) is 0. The van der Waals surface area contributed by atoms with E-state index in [4.69, 9.17) is 10.9 Å². The van der Waals surface area contributed by atoms with Gasteiger partial charge in [0, 0.05) is 11.8 Å². The second-order valence-corrected chi connectivity index (χ2v) is 4.34. The number of rotatable bonds is 3. The molecule has 0 aliphatic heterocycles. The van der Waals surface area contributed by atoms with E-state index < -0.39 is 0 Å². The molecule has 94 valence electrons. The van der Waals surface area contributed by atoms with Crippen LogP contribution >= 0.6 is 0 Å². The molecule has 2 aromatic rings. The fourth-order valence-corrected chi connectivity index (χ4v) is 1.82. The van der Waals surface area contributed by atoms with Gasteiger partial charge in [-0.1, -0.05) is 17.3 Å². The molecule has 1 aromatic carbocycles. The Morgan fingerprint density at radius 2 is 2.22 bits per heavy atom. The van der Waals surface area contributed by atoms with Crippen LogP contribution in [0.25, 0.3) is 0 Å². The second-order valence-electron chi connectivity index (χ2n) is 4.34. The van der Waals surface area contributed by atoms with Crippen molar-refractivity contribution in [1.82, 2.24) is 9.78 Å². The highest BCUT2D eigenvalue weighted by Crippen LogP contribution is 2.12. The molecule has 5 nitrogen and oxygen atoms in total.